The van der Waals surface area contributed by atoms with Crippen LogP contribution in [0, 0.1) is 0 Å². The van der Waals surface area contributed by atoms with Crippen molar-refractivity contribution < 1.29 is 23.9 Å². The number of unbranched alkanes of at least 4 members (excludes halogenated alkanes) is 2. The molecule has 0 aromatic heterocycles. The number of anilines is 2. The maximum atomic E-state index is 12.5. The van der Waals surface area contributed by atoms with Crippen LogP contribution in [0.2, 0.25) is 0 Å². The van der Waals surface area contributed by atoms with Gasteiger partial charge in [-0.1, -0.05) is 51.0 Å². The SMILES string of the molecule is CCCCOC(=O)c1ccccc1NC(=O)Nc1ccccc1C(=O)OCCCC. The molecule has 0 radical (unpaired) electrons. The minimum absolute atomic E-state index is 0.260. The first-order chi connectivity index (χ1) is 14.6. The molecule has 0 aliphatic rings. The van der Waals surface area contributed by atoms with Crippen molar-refractivity contribution in [3.8, 4) is 0 Å². The Kier molecular flexibility index (Phi) is 9.37. The molecule has 2 aromatic carbocycles. The summed E-state index contributed by atoms with van der Waals surface area (Å²) in [6.07, 6.45) is 3.37. The number of carbonyl (C=O) groups excluding carboxylic acids is 3. The Morgan fingerprint density at radius 3 is 1.50 bits per heavy atom. The summed E-state index contributed by atoms with van der Waals surface area (Å²) in [5.74, 6) is -1.00. The predicted octanol–water partition coefficient (Wildman–Crippen LogP) is 5.24. The minimum atomic E-state index is -0.586. The summed E-state index contributed by atoms with van der Waals surface area (Å²) in [6, 6.07) is 12.6. The number of hydrogen-bond acceptors (Lipinski definition) is 5. The lowest BCUT2D eigenvalue weighted by Gasteiger charge is -2.13. The van der Waals surface area contributed by atoms with E-state index in [-0.39, 0.29) is 11.1 Å². The Balaban J connectivity index is 2.07. The number of hydrogen-bond donors (Lipinski definition) is 2. The molecular formula is C23H28N2O5. The zero-order valence-electron chi connectivity index (χ0n) is 17.4. The molecule has 7 nitrogen and oxygen atoms in total. The second-order valence-electron chi connectivity index (χ2n) is 6.65. The monoisotopic (exact) mass is 412 g/mol. The molecule has 0 spiro atoms. The lowest BCUT2D eigenvalue weighted by molar-refractivity contribution is 0.0491. The fraction of sp³-hybridized carbons (Fsp3) is 0.348. The molecule has 160 valence electrons. The van der Waals surface area contributed by atoms with Crippen molar-refractivity contribution in [2.75, 3.05) is 23.8 Å². The lowest BCUT2D eigenvalue weighted by Crippen LogP contribution is -2.23. The Bertz CT molecular complexity index is 797. The second kappa shape index (κ2) is 12.3. The van der Waals surface area contributed by atoms with Crippen LogP contribution in [0.3, 0.4) is 0 Å². The van der Waals surface area contributed by atoms with Crippen LogP contribution in [-0.2, 0) is 9.47 Å². The highest BCUT2D eigenvalue weighted by atomic mass is 16.5. The van der Waals surface area contributed by atoms with E-state index in [1.165, 1.54) is 0 Å². The van der Waals surface area contributed by atoms with Gasteiger partial charge in [0.1, 0.15) is 0 Å². The van der Waals surface area contributed by atoms with Crippen LogP contribution in [0.4, 0.5) is 16.2 Å². The Morgan fingerprint density at radius 1 is 0.700 bits per heavy atom. The predicted molar refractivity (Wildman–Crippen MR) is 116 cm³/mol. The molecule has 0 bridgehead atoms. The summed E-state index contributed by atoms with van der Waals surface area (Å²) in [5.41, 5.74) is 1.16. The van der Waals surface area contributed by atoms with Crippen LogP contribution in [-0.4, -0.2) is 31.2 Å². The van der Waals surface area contributed by atoms with E-state index in [0.29, 0.717) is 24.6 Å². The summed E-state index contributed by atoms with van der Waals surface area (Å²) in [5, 5.41) is 5.29. The number of esters is 2. The Labute approximate surface area is 176 Å². The van der Waals surface area contributed by atoms with Crippen molar-refractivity contribution in [2.24, 2.45) is 0 Å². The van der Waals surface area contributed by atoms with Gasteiger partial charge in [0, 0.05) is 0 Å². The molecular weight excluding hydrogens is 384 g/mol. The first kappa shape index (κ1) is 22.9. The molecule has 30 heavy (non-hydrogen) atoms. The van der Waals surface area contributed by atoms with Crippen LogP contribution in [0.25, 0.3) is 0 Å². The van der Waals surface area contributed by atoms with Crippen molar-refractivity contribution in [1.82, 2.24) is 0 Å². The zero-order valence-corrected chi connectivity index (χ0v) is 17.4. The quantitative estimate of drug-likeness (QED) is 0.411. The maximum Gasteiger partial charge on any atom is 0.340 e. The topological polar surface area (TPSA) is 93.7 Å². The highest BCUT2D eigenvalue weighted by Gasteiger charge is 2.17. The van der Waals surface area contributed by atoms with Crippen molar-refractivity contribution in [2.45, 2.75) is 39.5 Å². The number of ether oxygens (including phenoxy) is 2. The molecule has 2 rings (SSSR count). The summed E-state index contributed by atoms with van der Waals surface area (Å²) in [6.45, 7) is 4.66. The normalized spacial score (nSPS) is 10.2. The molecule has 2 aromatic rings. The van der Waals surface area contributed by atoms with Gasteiger partial charge in [-0.25, -0.2) is 14.4 Å². The van der Waals surface area contributed by atoms with Gasteiger partial charge in [0.15, 0.2) is 0 Å². The van der Waals surface area contributed by atoms with Gasteiger partial charge in [-0.3, -0.25) is 0 Å². The van der Waals surface area contributed by atoms with Crippen LogP contribution < -0.4 is 10.6 Å². The Hall–Kier alpha value is -3.35. The van der Waals surface area contributed by atoms with E-state index in [2.05, 4.69) is 10.6 Å². The molecule has 0 saturated heterocycles. The number of para-hydroxylation sites is 2. The van der Waals surface area contributed by atoms with Gasteiger partial charge in [0.05, 0.1) is 35.7 Å². The van der Waals surface area contributed by atoms with E-state index in [1.54, 1.807) is 48.5 Å². The first-order valence-electron chi connectivity index (χ1n) is 10.2. The van der Waals surface area contributed by atoms with Gasteiger partial charge < -0.3 is 20.1 Å². The summed E-state index contributed by atoms with van der Waals surface area (Å²) < 4.78 is 10.5. The van der Waals surface area contributed by atoms with Crippen LogP contribution >= 0.6 is 0 Å². The van der Waals surface area contributed by atoms with E-state index in [1.807, 2.05) is 13.8 Å². The summed E-state index contributed by atoms with van der Waals surface area (Å²) in [4.78, 5) is 37.1. The Morgan fingerprint density at radius 2 is 1.10 bits per heavy atom. The number of benzene rings is 2. The van der Waals surface area contributed by atoms with E-state index in [9.17, 15) is 14.4 Å². The number of carbonyl (C=O) groups is 3. The van der Waals surface area contributed by atoms with Crippen molar-refractivity contribution >= 4 is 29.3 Å². The smallest absolute Gasteiger partial charge is 0.340 e. The van der Waals surface area contributed by atoms with Crippen molar-refractivity contribution in [3.63, 3.8) is 0 Å². The lowest BCUT2D eigenvalue weighted by atomic mass is 10.1. The second-order valence-corrected chi connectivity index (χ2v) is 6.65. The molecule has 0 aliphatic carbocycles. The average molecular weight is 412 g/mol. The molecule has 0 atom stereocenters. The molecule has 0 aliphatic heterocycles. The van der Waals surface area contributed by atoms with E-state index in [0.717, 1.165) is 25.7 Å². The third-order valence-electron chi connectivity index (χ3n) is 4.25. The van der Waals surface area contributed by atoms with Crippen molar-refractivity contribution in [3.05, 3.63) is 59.7 Å². The van der Waals surface area contributed by atoms with Gasteiger partial charge in [0.25, 0.3) is 0 Å². The van der Waals surface area contributed by atoms with Crippen LogP contribution in [0.5, 0.6) is 0 Å². The van der Waals surface area contributed by atoms with Crippen LogP contribution in [0.1, 0.15) is 60.2 Å². The molecule has 2 N–H and O–H groups in total. The third kappa shape index (κ3) is 6.92. The third-order valence-corrected chi connectivity index (χ3v) is 4.25. The van der Waals surface area contributed by atoms with Crippen molar-refractivity contribution in [1.29, 1.82) is 0 Å². The minimum Gasteiger partial charge on any atom is -0.462 e. The molecule has 2 amide bonds. The fourth-order valence-corrected chi connectivity index (χ4v) is 2.59. The largest absolute Gasteiger partial charge is 0.462 e. The fourth-order valence-electron chi connectivity index (χ4n) is 2.59. The summed E-state index contributed by atoms with van der Waals surface area (Å²) in [7, 11) is 0. The van der Waals surface area contributed by atoms with E-state index >= 15 is 0 Å². The van der Waals surface area contributed by atoms with Gasteiger partial charge in [0.2, 0.25) is 0 Å². The maximum absolute atomic E-state index is 12.5. The number of amides is 2. The van der Waals surface area contributed by atoms with Gasteiger partial charge in [-0.15, -0.1) is 0 Å². The number of rotatable bonds is 10. The van der Waals surface area contributed by atoms with Gasteiger partial charge >= 0.3 is 18.0 Å². The van der Waals surface area contributed by atoms with Gasteiger partial charge in [-0.2, -0.15) is 0 Å². The standard InChI is InChI=1S/C23H28N2O5/c1-3-5-15-29-21(26)17-11-7-9-13-19(17)24-23(28)25-20-14-10-8-12-18(20)22(27)30-16-6-4-2/h7-14H,3-6,15-16H2,1-2H3,(H2,24,25,28). The summed E-state index contributed by atoms with van der Waals surface area (Å²) >= 11 is 0. The molecule has 0 heterocycles. The molecule has 0 fully saturated rings. The number of nitrogens with one attached hydrogen (secondary N) is 2. The highest BCUT2D eigenvalue weighted by Crippen LogP contribution is 2.19. The average Bonchev–Trinajstić information content (AvgIpc) is 2.74. The molecule has 0 saturated carbocycles. The van der Waals surface area contributed by atoms with E-state index < -0.39 is 18.0 Å². The van der Waals surface area contributed by atoms with Gasteiger partial charge in [-0.05, 0) is 37.1 Å². The molecule has 0 unspecified atom stereocenters. The first-order valence-corrected chi connectivity index (χ1v) is 10.2. The zero-order chi connectivity index (χ0) is 21.8. The molecule has 7 heteroatoms. The number of urea groups is 1. The van der Waals surface area contributed by atoms with Crippen LogP contribution in [0.15, 0.2) is 48.5 Å². The van der Waals surface area contributed by atoms with E-state index in [4.69, 9.17) is 9.47 Å². The highest BCUT2D eigenvalue weighted by molar-refractivity contribution is 6.07.